The lowest BCUT2D eigenvalue weighted by molar-refractivity contribution is -0.123. The Bertz CT molecular complexity index is 449. The summed E-state index contributed by atoms with van der Waals surface area (Å²) in [7, 11) is 1.65. The van der Waals surface area contributed by atoms with Crippen molar-refractivity contribution in [3.63, 3.8) is 0 Å². The molecule has 90 valence electrons. The topological polar surface area (TPSA) is 53.0 Å². The highest BCUT2D eigenvalue weighted by Crippen LogP contribution is 2.40. The SMILES string of the molecule is CCC(=N)C1(C(=O)NC)CCc2ccccc21. The van der Waals surface area contributed by atoms with Crippen LogP contribution in [0.1, 0.15) is 30.9 Å². The molecule has 0 saturated carbocycles. The van der Waals surface area contributed by atoms with Gasteiger partial charge in [0.1, 0.15) is 5.41 Å². The normalized spacial score (nSPS) is 22.0. The number of carbonyl (C=O) groups is 1. The van der Waals surface area contributed by atoms with E-state index in [-0.39, 0.29) is 5.91 Å². The van der Waals surface area contributed by atoms with E-state index in [1.54, 1.807) is 7.05 Å². The first-order valence-electron chi connectivity index (χ1n) is 6.05. The number of fused-ring (bicyclic) bond motifs is 1. The van der Waals surface area contributed by atoms with Gasteiger partial charge in [0.05, 0.1) is 0 Å². The number of amides is 1. The van der Waals surface area contributed by atoms with Crippen molar-refractivity contribution >= 4 is 11.6 Å². The summed E-state index contributed by atoms with van der Waals surface area (Å²) in [6, 6.07) is 7.99. The van der Waals surface area contributed by atoms with E-state index in [9.17, 15) is 4.79 Å². The smallest absolute Gasteiger partial charge is 0.236 e. The van der Waals surface area contributed by atoms with Gasteiger partial charge in [-0.3, -0.25) is 4.79 Å². The fourth-order valence-electron chi connectivity index (χ4n) is 2.81. The number of benzene rings is 1. The molecule has 2 N–H and O–H groups in total. The third-order valence-corrected chi connectivity index (χ3v) is 3.73. The van der Waals surface area contributed by atoms with Gasteiger partial charge in [0.25, 0.3) is 0 Å². The lowest BCUT2D eigenvalue weighted by Crippen LogP contribution is -2.47. The second-order valence-electron chi connectivity index (χ2n) is 4.47. The molecule has 1 aromatic rings. The average Bonchev–Trinajstić information content (AvgIpc) is 2.77. The maximum Gasteiger partial charge on any atom is 0.236 e. The molecule has 1 atom stereocenters. The zero-order valence-electron chi connectivity index (χ0n) is 10.3. The van der Waals surface area contributed by atoms with Crippen molar-refractivity contribution < 1.29 is 4.79 Å². The van der Waals surface area contributed by atoms with E-state index in [2.05, 4.69) is 11.4 Å². The molecule has 17 heavy (non-hydrogen) atoms. The molecule has 0 radical (unpaired) electrons. The van der Waals surface area contributed by atoms with E-state index >= 15 is 0 Å². The molecule has 1 aliphatic carbocycles. The summed E-state index contributed by atoms with van der Waals surface area (Å²) in [6.45, 7) is 1.94. The van der Waals surface area contributed by atoms with E-state index in [1.807, 2.05) is 25.1 Å². The maximum absolute atomic E-state index is 12.2. The van der Waals surface area contributed by atoms with Crippen LogP contribution in [0.2, 0.25) is 0 Å². The van der Waals surface area contributed by atoms with Crippen molar-refractivity contribution in [1.29, 1.82) is 5.41 Å². The maximum atomic E-state index is 12.2. The summed E-state index contributed by atoms with van der Waals surface area (Å²) in [5.41, 5.74) is 2.02. The number of likely N-dealkylation sites (N-methyl/N-ethyl adjacent to an activating group) is 1. The van der Waals surface area contributed by atoms with Crippen LogP contribution in [0, 0.1) is 5.41 Å². The molecule has 0 heterocycles. The third-order valence-electron chi connectivity index (χ3n) is 3.73. The Labute approximate surface area is 102 Å². The van der Waals surface area contributed by atoms with Gasteiger partial charge < -0.3 is 10.7 Å². The first-order chi connectivity index (χ1) is 8.16. The molecule has 0 fully saturated rings. The average molecular weight is 230 g/mol. The third kappa shape index (κ3) is 1.57. The standard InChI is InChI=1S/C14H18N2O/c1-3-12(15)14(13(17)16-2)9-8-10-6-4-5-7-11(10)14/h4-7,15H,3,8-9H2,1-2H3,(H,16,17). The summed E-state index contributed by atoms with van der Waals surface area (Å²) in [5.74, 6) is -0.0469. The molecule has 0 aromatic heterocycles. The van der Waals surface area contributed by atoms with Crippen LogP contribution in [-0.4, -0.2) is 18.7 Å². The van der Waals surface area contributed by atoms with Crippen LogP contribution in [0.4, 0.5) is 0 Å². The van der Waals surface area contributed by atoms with Gasteiger partial charge in [-0.15, -0.1) is 0 Å². The van der Waals surface area contributed by atoms with Gasteiger partial charge in [-0.1, -0.05) is 31.2 Å². The molecule has 0 aliphatic heterocycles. The van der Waals surface area contributed by atoms with E-state index in [1.165, 1.54) is 5.56 Å². The minimum atomic E-state index is -0.722. The quantitative estimate of drug-likeness (QED) is 0.767. The molecule has 0 bridgehead atoms. The Balaban J connectivity index is 2.58. The number of rotatable bonds is 3. The highest BCUT2D eigenvalue weighted by molar-refractivity contribution is 6.13. The second kappa shape index (κ2) is 4.32. The Morgan fingerprint density at radius 3 is 2.82 bits per heavy atom. The van der Waals surface area contributed by atoms with Gasteiger partial charge in [0, 0.05) is 12.8 Å². The number of hydrogen-bond acceptors (Lipinski definition) is 2. The van der Waals surface area contributed by atoms with Crippen LogP contribution < -0.4 is 5.32 Å². The van der Waals surface area contributed by atoms with Gasteiger partial charge in [-0.25, -0.2) is 0 Å². The predicted molar refractivity (Wildman–Crippen MR) is 68.5 cm³/mol. The lowest BCUT2D eigenvalue weighted by Gasteiger charge is -2.29. The summed E-state index contributed by atoms with van der Waals surface area (Å²) in [5, 5.41) is 10.9. The van der Waals surface area contributed by atoms with Gasteiger partial charge >= 0.3 is 0 Å². The van der Waals surface area contributed by atoms with Crippen LogP contribution in [0.25, 0.3) is 0 Å². The molecule has 1 amide bonds. The first kappa shape index (κ1) is 11.8. The summed E-state index contributed by atoms with van der Waals surface area (Å²) in [6.07, 6.45) is 2.21. The first-order valence-corrected chi connectivity index (χ1v) is 6.05. The molecular formula is C14H18N2O. The van der Waals surface area contributed by atoms with Crippen molar-refractivity contribution in [1.82, 2.24) is 5.32 Å². The van der Waals surface area contributed by atoms with E-state index in [4.69, 9.17) is 5.41 Å². The number of nitrogens with one attached hydrogen (secondary N) is 2. The van der Waals surface area contributed by atoms with Crippen LogP contribution in [0.5, 0.6) is 0 Å². The fraction of sp³-hybridized carbons (Fsp3) is 0.429. The van der Waals surface area contributed by atoms with E-state index in [0.29, 0.717) is 12.1 Å². The predicted octanol–water partition coefficient (Wildman–Crippen LogP) is 2.05. The number of hydrogen-bond donors (Lipinski definition) is 2. The van der Waals surface area contributed by atoms with E-state index < -0.39 is 5.41 Å². The molecule has 1 aliphatic rings. The molecular weight excluding hydrogens is 212 g/mol. The van der Waals surface area contributed by atoms with E-state index in [0.717, 1.165) is 18.4 Å². The Hall–Kier alpha value is -1.64. The van der Waals surface area contributed by atoms with Crippen LogP contribution >= 0.6 is 0 Å². The van der Waals surface area contributed by atoms with Gasteiger partial charge in [-0.2, -0.15) is 0 Å². The van der Waals surface area contributed by atoms with Crippen molar-refractivity contribution in [2.24, 2.45) is 0 Å². The summed E-state index contributed by atoms with van der Waals surface area (Å²) >= 11 is 0. The zero-order valence-corrected chi connectivity index (χ0v) is 10.3. The Morgan fingerprint density at radius 1 is 1.47 bits per heavy atom. The van der Waals surface area contributed by atoms with Gasteiger partial charge in [-0.05, 0) is 30.4 Å². The lowest BCUT2D eigenvalue weighted by atomic mass is 9.75. The van der Waals surface area contributed by atoms with Crippen molar-refractivity contribution in [2.45, 2.75) is 31.6 Å². The number of aryl methyl sites for hydroxylation is 1. The highest BCUT2D eigenvalue weighted by atomic mass is 16.2. The number of carbonyl (C=O) groups excluding carboxylic acids is 1. The van der Waals surface area contributed by atoms with Crippen LogP contribution in [0.3, 0.4) is 0 Å². The second-order valence-corrected chi connectivity index (χ2v) is 4.47. The van der Waals surface area contributed by atoms with Crippen LogP contribution in [0.15, 0.2) is 24.3 Å². The minimum Gasteiger partial charge on any atom is -0.358 e. The van der Waals surface area contributed by atoms with Crippen molar-refractivity contribution in [3.8, 4) is 0 Å². The minimum absolute atomic E-state index is 0.0469. The largest absolute Gasteiger partial charge is 0.358 e. The molecule has 3 heteroatoms. The fourth-order valence-corrected chi connectivity index (χ4v) is 2.81. The van der Waals surface area contributed by atoms with Crippen molar-refractivity contribution in [3.05, 3.63) is 35.4 Å². The Morgan fingerprint density at radius 2 is 2.18 bits per heavy atom. The van der Waals surface area contributed by atoms with Gasteiger partial charge in [0.15, 0.2) is 0 Å². The molecule has 0 saturated heterocycles. The highest BCUT2D eigenvalue weighted by Gasteiger charge is 2.47. The van der Waals surface area contributed by atoms with Gasteiger partial charge in [0.2, 0.25) is 5.91 Å². The monoisotopic (exact) mass is 230 g/mol. The summed E-state index contributed by atoms with van der Waals surface area (Å²) in [4.78, 5) is 12.2. The Kier molecular flexibility index (Phi) is 3.01. The van der Waals surface area contributed by atoms with Crippen LogP contribution in [-0.2, 0) is 16.6 Å². The molecule has 1 aromatic carbocycles. The molecule has 0 spiro atoms. The van der Waals surface area contributed by atoms with Crippen molar-refractivity contribution in [2.75, 3.05) is 7.05 Å². The summed E-state index contributed by atoms with van der Waals surface area (Å²) < 4.78 is 0. The molecule has 3 nitrogen and oxygen atoms in total. The zero-order chi connectivity index (χ0) is 12.5. The molecule has 1 unspecified atom stereocenters. The molecule has 2 rings (SSSR count).